The van der Waals surface area contributed by atoms with Gasteiger partial charge in [-0.3, -0.25) is 0 Å². The summed E-state index contributed by atoms with van der Waals surface area (Å²) in [5.41, 5.74) is 5.32. The predicted octanol–water partition coefficient (Wildman–Crippen LogP) is 7.79. The first-order valence-corrected chi connectivity index (χ1v) is 13.9. The second-order valence-electron chi connectivity index (χ2n) is 10.2. The van der Waals surface area contributed by atoms with Crippen molar-refractivity contribution in [3.05, 3.63) is 89.1 Å². The summed E-state index contributed by atoms with van der Waals surface area (Å²) in [6.07, 6.45) is 4.36. The van der Waals surface area contributed by atoms with Crippen molar-refractivity contribution in [3.63, 3.8) is 0 Å². The third kappa shape index (κ3) is 5.54. The van der Waals surface area contributed by atoms with Crippen molar-refractivity contribution in [2.24, 2.45) is 0 Å². The van der Waals surface area contributed by atoms with Gasteiger partial charge in [0.05, 0.1) is 16.1 Å². The summed E-state index contributed by atoms with van der Waals surface area (Å²) >= 11 is 6.75. The number of halogens is 1. The van der Waals surface area contributed by atoms with Crippen LogP contribution in [0.5, 0.6) is 0 Å². The minimum Gasteiger partial charge on any atom is -0.367 e. The molecule has 0 aliphatic heterocycles. The van der Waals surface area contributed by atoms with Gasteiger partial charge in [0.1, 0.15) is 5.82 Å². The van der Waals surface area contributed by atoms with E-state index in [9.17, 15) is 0 Å². The normalized spacial score (nSPS) is 12.5. The number of nitrogens with one attached hydrogen (secondary N) is 1. The molecular formula is C32H36ClN5. The van der Waals surface area contributed by atoms with Crippen LogP contribution in [0.1, 0.15) is 37.8 Å². The molecule has 0 saturated carbocycles. The fraction of sp³-hybridized carbons (Fsp3) is 0.312. The van der Waals surface area contributed by atoms with Crippen LogP contribution >= 0.6 is 11.6 Å². The Balaban J connectivity index is 1.57. The van der Waals surface area contributed by atoms with Gasteiger partial charge in [0.25, 0.3) is 0 Å². The number of anilines is 1. The first-order chi connectivity index (χ1) is 18.4. The van der Waals surface area contributed by atoms with E-state index in [0.717, 1.165) is 76.2 Å². The fourth-order valence-electron chi connectivity index (χ4n) is 5.05. The Morgan fingerprint density at radius 1 is 0.974 bits per heavy atom. The molecule has 5 aromatic rings. The summed E-state index contributed by atoms with van der Waals surface area (Å²) in [5.74, 6) is 1.60. The molecule has 2 aromatic heterocycles. The van der Waals surface area contributed by atoms with Gasteiger partial charge < -0.3 is 14.8 Å². The molecule has 0 amide bonds. The van der Waals surface area contributed by atoms with E-state index in [-0.39, 0.29) is 0 Å². The quantitative estimate of drug-likeness (QED) is 0.202. The van der Waals surface area contributed by atoms with E-state index in [4.69, 9.17) is 21.6 Å². The average Bonchev–Trinajstić information content (AvgIpc) is 3.29. The van der Waals surface area contributed by atoms with Crippen molar-refractivity contribution in [2.75, 3.05) is 25.5 Å². The summed E-state index contributed by atoms with van der Waals surface area (Å²) in [6.45, 7) is 9.44. The lowest BCUT2D eigenvalue weighted by molar-refractivity contribution is 0.340. The minimum atomic E-state index is 0.292. The van der Waals surface area contributed by atoms with E-state index in [1.54, 1.807) is 0 Å². The molecule has 0 saturated heterocycles. The molecule has 1 unspecified atom stereocenters. The number of aryl methyl sites for hydroxylation is 1. The van der Waals surface area contributed by atoms with E-state index in [2.05, 4.69) is 97.3 Å². The van der Waals surface area contributed by atoms with Crippen molar-refractivity contribution in [1.82, 2.24) is 19.4 Å². The first-order valence-electron chi connectivity index (χ1n) is 13.5. The Bertz CT molecular complexity index is 1540. The lowest BCUT2D eigenvalue weighted by atomic mass is 10.1. The lowest BCUT2D eigenvalue weighted by Gasteiger charge is -2.19. The highest BCUT2D eigenvalue weighted by atomic mass is 35.5. The van der Waals surface area contributed by atoms with Gasteiger partial charge in [0, 0.05) is 35.1 Å². The topological polar surface area (TPSA) is 46.0 Å². The van der Waals surface area contributed by atoms with Crippen LogP contribution < -0.4 is 5.32 Å². The Kier molecular flexibility index (Phi) is 7.96. The Labute approximate surface area is 230 Å². The molecular weight excluding hydrogens is 490 g/mol. The van der Waals surface area contributed by atoms with E-state index >= 15 is 0 Å². The van der Waals surface area contributed by atoms with Crippen molar-refractivity contribution >= 4 is 39.2 Å². The van der Waals surface area contributed by atoms with Crippen LogP contribution in [0.15, 0.2) is 72.9 Å². The van der Waals surface area contributed by atoms with Crippen molar-refractivity contribution in [1.29, 1.82) is 0 Å². The Hall–Kier alpha value is -3.41. The molecule has 0 fully saturated rings. The molecule has 1 atom stereocenters. The number of benzene rings is 3. The largest absolute Gasteiger partial charge is 0.367 e. The average molecular weight is 526 g/mol. The van der Waals surface area contributed by atoms with Crippen LogP contribution in [0.3, 0.4) is 0 Å². The molecule has 2 heterocycles. The molecule has 196 valence electrons. The maximum atomic E-state index is 6.75. The summed E-state index contributed by atoms with van der Waals surface area (Å²) in [7, 11) is 2.17. The van der Waals surface area contributed by atoms with Crippen molar-refractivity contribution in [3.8, 4) is 11.4 Å². The highest BCUT2D eigenvalue weighted by molar-refractivity contribution is 6.35. The summed E-state index contributed by atoms with van der Waals surface area (Å²) in [5, 5.41) is 6.56. The molecule has 5 rings (SSSR count). The Morgan fingerprint density at radius 3 is 2.53 bits per heavy atom. The molecule has 0 aliphatic carbocycles. The number of aromatic nitrogens is 3. The molecule has 5 nitrogen and oxygen atoms in total. The molecule has 0 radical (unpaired) electrons. The molecule has 0 aliphatic rings. The van der Waals surface area contributed by atoms with Gasteiger partial charge in [-0.25, -0.2) is 9.97 Å². The van der Waals surface area contributed by atoms with E-state index < -0.39 is 0 Å². The SMILES string of the molecule is CCN(C)CCCC(C)Nc1nc(-c2cn(Cc3ccccc3)c3c(Cl)cccc23)nc2c(C)cccc12. The van der Waals surface area contributed by atoms with Crippen LogP contribution in [-0.2, 0) is 6.54 Å². The summed E-state index contributed by atoms with van der Waals surface area (Å²) in [4.78, 5) is 12.6. The van der Waals surface area contributed by atoms with Gasteiger partial charge in [0.15, 0.2) is 5.82 Å². The monoisotopic (exact) mass is 525 g/mol. The van der Waals surface area contributed by atoms with Crippen LogP contribution in [-0.4, -0.2) is 45.6 Å². The minimum absolute atomic E-state index is 0.292. The second kappa shape index (κ2) is 11.5. The van der Waals surface area contributed by atoms with E-state index in [0.29, 0.717) is 11.9 Å². The molecule has 0 bridgehead atoms. The van der Waals surface area contributed by atoms with Crippen LogP contribution in [0.25, 0.3) is 33.2 Å². The van der Waals surface area contributed by atoms with Gasteiger partial charge in [-0.1, -0.05) is 73.1 Å². The van der Waals surface area contributed by atoms with Gasteiger partial charge in [0.2, 0.25) is 0 Å². The zero-order chi connectivity index (χ0) is 26.6. The standard InChI is InChI=1S/C32H36ClN5/c1-5-37(4)19-11-13-23(3)34-31-26-17-9-12-22(2)29(26)35-32(36-31)27-21-38(20-24-14-7-6-8-15-24)30-25(27)16-10-18-28(30)33/h6-10,12,14-18,21,23H,5,11,13,19-20H2,1-4H3,(H,34,35,36). The van der Waals surface area contributed by atoms with Crippen LogP contribution in [0.4, 0.5) is 5.82 Å². The van der Waals surface area contributed by atoms with E-state index in [1.165, 1.54) is 5.56 Å². The highest BCUT2D eigenvalue weighted by Gasteiger charge is 2.18. The van der Waals surface area contributed by atoms with E-state index in [1.807, 2.05) is 18.2 Å². The molecule has 1 N–H and O–H groups in total. The molecule has 6 heteroatoms. The first kappa shape index (κ1) is 26.2. The van der Waals surface area contributed by atoms with Gasteiger partial charge in [-0.05, 0) is 70.1 Å². The number of hydrogen-bond acceptors (Lipinski definition) is 4. The van der Waals surface area contributed by atoms with Crippen LogP contribution in [0, 0.1) is 6.92 Å². The number of hydrogen-bond donors (Lipinski definition) is 1. The summed E-state index contributed by atoms with van der Waals surface area (Å²) in [6, 6.07) is 23.1. The molecule has 0 spiro atoms. The number of rotatable bonds is 10. The van der Waals surface area contributed by atoms with Gasteiger partial charge in [-0.15, -0.1) is 0 Å². The third-order valence-electron chi connectivity index (χ3n) is 7.31. The molecule has 3 aromatic carbocycles. The van der Waals surface area contributed by atoms with Gasteiger partial charge in [-0.2, -0.15) is 0 Å². The maximum Gasteiger partial charge on any atom is 0.164 e. The zero-order valence-electron chi connectivity index (χ0n) is 22.7. The number of nitrogens with zero attached hydrogens (tertiary/aromatic N) is 4. The summed E-state index contributed by atoms with van der Waals surface area (Å²) < 4.78 is 2.22. The second-order valence-corrected chi connectivity index (χ2v) is 10.6. The molecule has 38 heavy (non-hydrogen) atoms. The third-order valence-corrected chi connectivity index (χ3v) is 7.62. The predicted molar refractivity (Wildman–Crippen MR) is 161 cm³/mol. The number of fused-ring (bicyclic) bond motifs is 2. The zero-order valence-corrected chi connectivity index (χ0v) is 23.5. The number of para-hydroxylation sites is 2. The van der Waals surface area contributed by atoms with Crippen molar-refractivity contribution in [2.45, 2.75) is 46.2 Å². The lowest BCUT2D eigenvalue weighted by Crippen LogP contribution is -2.22. The van der Waals surface area contributed by atoms with Gasteiger partial charge >= 0.3 is 0 Å². The highest BCUT2D eigenvalue weighted by Crippen LogP contribution is 2.35. The Morgan fingerprint density at radius 2 is 1.74 bits per heavy atom. The maximum absolute atomic E-state index is 6.75. The smallest absolute Gasteiger partial charge is 0.164 e. The van der Waals surface area contributed by atoms with Crippen molar-refractivity contribution < 1.29 is 0 Å². The fourth-order valence-corrected chi connectivity index (χ4v) is 5.34. The van der Waals surface area contributed by atoms with Crippen LogP contribution in [0.2, 0.25) is 5.02 Å².